The second-order valence-corrected chi connectivity index (χ2v) is 8.23. The Labute approximate surface area is 152 Å². The molecule has 1 aliphatic carbocycles. The van der Waals surface area contributed by atoms with Gasteiger partial charge in [0.25, 0.3) is 5.91 Å². The summed E-state index contributed by atoms with van der Waals surface area (Å²) in [5.41, 5.74) is -0.631. The molecule has 6 heteroatoms. The first-order valence-electron chi connectivity index (χ1n) is 8.56. The van der Waals surface area contributed by atoms with Crippen LogP contribution in [0.1, 0.15) is 39.0 Å². The van der Waals surface area contributed by atoms with Crippen LogP contribution in [0.15, 0.2) is 29.2 Å². The molecule has 1 spiro atoms. The zero-order valence-corrected chi connectivity index (χ0v) is 15.5. The maximum Gasteiger partial charge on any atom is 0.325 e. The molecule has 3 amide bonds. The fraction of sp³-hybridized carbons (Fsp3) is 0.556. The number of carbonyl (C=O) groups is 2. The minimum atomic E-state index is -0.631. The molecule has 24 heavy (non-hydrogen) atoms. The van der Waals surface area contributed by atoms with Crippen LogP contribution in [0.5, 0.6) is 0 Å². The number of amides is 3. The van der Waals surface area contributed by atoms with Gasteiger partial charge in [0.2, 0.25) is 0 Å². The van der Waals surface area contributed by atoms with Gasteiger partial charge in [0.15, 0.2) is 0 Å². The van der Waals surface area contributed by atoms with Gasteiger partial charge in [0.05, 0.1) is 0 Å². The van der Waals surface area contributed by atoms with Crippen LogP contribution in [0.3, 0.4) is 0 Å². The molecule has 0 bridgehead atoms. The summed E-state index contributed by atoms with van der Waals surface area (Å²) < 4.78 is 0. The van der Waals surface area contributed by atoms with Gasteiger partial charge >= 0.3 is 6.03 Å². The number of urea groups is 1. The average molecular weight is 367 g/mol. The Morgan fingerprint density at radius 3 is 2.54 bits per heavy atom. The van der Waals surface area contributed by atoms with E-state index in [1.54, 1.807) is 11.8 Å². The molecule has 2 fully saturated rings. The maximum absolute atomic E-state index is 12.8. The van der Waals surface area contributed by atoms with Crippen molar-refractivity contribution in [3.8, 4) is 0 Å². The number of imide groups is 1. The number of hydrogen-bond donors (Lipinski definition) is 1. The Morgan fingerprint density at radius 2 is 1.92 bits per heavy atom. The Morgan fingerprint density at radius 1 is 1.25 bits per heavy atom. The molecular formula is C18H23ClN2O2S. The summed E-state index contributed by atoms with van der Waals surface area (Å²) in [6.45, 7) is 2.63. The van der Waals surface area contributed by atoms with Gasteiger partial charge in [-0.15, -0.1) is 11.8 Å². The van der Waals surface area contributed by atoms with Crippen molar-refractivity contribution in [2.24, 2.45) is 5.92 Å². The van der Waals surface area contributed by atoms with Gasteiger partial charge in [-0.25, -0.2) is 4.79 Å². The van der Waals surface area contributed by atoms with E-state index < -0.39 is 5.54 Å². The number of thioether (sulfide) groups is 1. The second kappa shape index (κ2) is 7.36. The van der Waals surface area contributed by atoms with E-state index in [-0.39, 0.29) is 11.9 Å². The predicted octanol–water partition coefficient (Wildman–Crippen LogP) is 4.32. The van der Waals surface area contributed by atoms with Crippen molar-refractivity contribution in [2.75, 3.05) is 12.3 Å². The van der Waals surface area contributed by atoms with Crippen LogP contribution < -0.4 is 5.32 Å². The molecule has 1 heterocycles. The van der Waals surface area contributed by atoms with E-state index in [0.717, 1.165) is 37.0 Å². The third kappa shape index (κ3) is 3.57. The lowest BCUT2D eigenvalue weighted by Gasteiger charge is -2.34. The SMILES string of the molecule is CCC1CCC2(CC1)NC(=O)N(CCSc1ccc(Cl)cc1)C2=O. The molecular weight excluding hydrogens is 344 g/mol. The lowest BCUT2D eigenvalue weighted by Crippen LogP contribution is -2.49. The molecule has 0 atom stereocenters. The minimum absolute atomic E-state index is 0.0289. The number of hydrogen-bond acceptors (Lipinski definition) is 3. The molecule has 3 rings (SSSR count). The number of nitrogens with zero attached hydrogens (tertiary/aromatic N) is 1. The molecule has 0 unspecified atom stereocenters. The Bertz CT molecular complexity index is 612. The first-order valence-corrected chi connectivity index (χ1v) is 9.93. The Balaban J connectivity index is 1.56. The largest absolute Gasteiger partial charge is 0.325 e. The van der Waals surface area contributed by atoms with Gasteiger partial charge < -0.3 is 5.32 Å². The van der Waals surface area contributed by atoms with Crippen molar-refractivity contribution in [1.29, 1.82) is 0 Å². The Kier molecular flexibility index (Phi) is 5.40. The van der Waals surface area contributed by atoms with E-state index in [1.807, 2.05) is 24.3 Å². The van der Waals surface area contributed by atoms with Crippen molar-refractivity contribution in [3.05, 3.63) is 29.3 Å². The standard InChI is InChI=1S/C18H23ClN2O2S/c1-2-13-7-9-18(10-8-13)16(22)21(17(23)20-18)11-12-24-15-5-3-14(19)4-6-15/h3-6,13H,2,7-12H2,1H3,(H,20,23). The van der Waals surface area contributed by atoms with Crippen LogP contribution in [-0.2, 0) is 4.79 Å². The van der Waals surface area contributed by atoms with Crippen LogP contribution >= 0.6 is 23.4 Å². The number of carbonyl (C=O) groups excluding carboxylic acids is 2. The molecule has 2 aliphatic rings. The number of rotatable bonds is 5. The maximum atomic E-state index is 12.8. The van der Waals surface area contributed by atoms with Crippen molar-refractivity contribution < 1.29 is 9.59 Å². The molecule has 1 aliphatic heterocycles. The highest BCUT2D eigenvalue weighted by molar-refractivity contribution is 7.99. The number of benzene rings is 1. The number of nitrogens with one attached hydrogen (secondary N) is 1. The quantitative estimate of drug-likeness (QED) is 0.623. The molecule has 1 saturated heterocycles. The van der Waals surface area contributed by atoms with Gasteiger partial charge in [-0.1, -0.05) is 24.9 Å². The topological polar surface area (TPSA) is 49.4 Å². The molecule has 0 aromatic heterocycles. The summed E-state index contributed by atoms with van der Waals surface area (Å²) in [7, 11) is 0. The van der Waals surface area contributed by atoms with Gasteiger partial charge in [0, 0.05) is 22.2 Å². The lowest BCUT2D eigenvalue weighted by molar-refractivity contribution is -0.132. The van der Waals surface area contributed by atoms with Crippen LogP contribution in [0, 0.1) is 5.92 Å². The monoisotopic (exact) mass is 366 g/mol. The van der Waals surface area contributed by atoms with Gasteiger partial charge in [0.1, 0.15) is 5.54 Å². The van der Waals surface area contributed by atoms with E-state index in [2.05, 4.69) is 12.2 Å². The summed E-state index contributed by atoms with van der Waals surface area (Å²) in [4.78, 5) is 27.5. The fourth-order valence-electron chi connectivity index (χ4n) is 3.58. The average Bonchev–Trinajstić information content (AvgIpc) is 2.81. The van der Waals surface area contributed by atoms with E-state index in [0.29, 0.717) is 23.2 Å². The minimum Gasteiger partial charge on any atom is -0.323 e. The summed E-state index contributed by atoms with van der Waals surface area (Å²) in [5.74, 6) is 1.35. The van der Waals surface area contributed by atoms with Crippen LogP contribution in [0.25, 0.3) is 0 Å². The molecule has 4 nitrogen and oxygen atoms in total. The van der Waals surface area contributed by atoms with Crippen molar-refractivity contribution in [2.45, 2.75) is 49.5 Å². The third-order valence-corrected chi connectivity index (χ3v) is 6.42. The molecule has 1 aromatic rings. The third-order valence-electron chi connectivity index (χ3n) is 5.18. The smallest absolute Gasteiger partial charge is 0.323 e. The zero-order chi connectivity index (χ0) is 17.2. The van der Waals surface area contributed by atoms with E-state index in [4.69, 9.17) is 11.6 Å². The first kappa shape index (κ1) is 17.6. The highest BCUT2D eigenvalue weighted by atomic mass is 35.5. The van der Waals surface area contributed by atoms with Crippen LogP contribution in [0.4, 0.5) is 4.79 Å². The highest BCUT2D eigenvalue weighted by Crippen LogP contribution is 2.37. The van der Waals surface area contributed by atoms with Gasteiger partial charge in [-0.05, 0) is 55.9 Å². The number of halogens is 1. The van der Waals surface area contributed by atoms with E-state index in [9.17, 15) is 9.59 Å². The molecule has 1 aromatic carbocycles. The van der Waals surface area contributed by atoms with Crippen molar-refractivity contribution in [3.63, 3.8) is 0 Å². The molecule has 130 valence electrons. The summed E-state index contributed by atoms with van der Waals surface area (Å²) in [6, 6.07) is 7.36. The van der Waals surface area contributed by atoms with Gasteiger partial charge in [-0.3, -0.25) is 9.69 Å². The predicted molar refractivity (Wildman–Crippen MR) is 97.4 cm³/mol. The zero-order valence-electron chi connectivity index (χ0n) is 13.9. The first-order chi connectivity index (χ1) is 11.5. The fourth-order valence-corrected chi connectivity index (χ4v) is 4.55. The van der Waals surface area contributed by atoms with Crippen LogP contribution in [0.2, 0.25) is 5.02 Å². The highest BCUT2D eigenvalue weighted by Gasteiger charge is 2.51. The normalized spacial score (nSPS) is 26.9. The van der Waals surface area contributed by atoms with Crippen LogP contribution in [-0.4, -0.2) is 34.7 Å². The second-order valence-electron chi connectivity index (χ2n) is 6.62. The van der Waals surface area contributed by atoms with E-state index >= 15 is 0 Å². The van der Waals surface area contributed by atoms with Gasteiger partial charge in [-0.2, -0.15) is 0 Å². The van der Waals surface area contributed by atoms with E-state index in [1.165, 1.54) is 4.90 Å². The molecule has 0 radical (unpaired) electrons. The Hall–Kier alpha value is -1.20. The summed E-state index contributed by atoms with van der Waals surface area (Å²) in [6.07, 6.45) is 4.75. The molecule has 1 saturated carbocycles. The summed E-state index contributed by atoms with van der Waals surface area (Å²) >= 11 is 7.50. The lowest BCUT2D eigenvalue weighted by atomic mass is 9.75. The van der Waals surface area contributed by atoms with Crippen molar-refractivity contribution in [1.82, 2.24) is 10.2 Å². The molecule has 1 N–H and O–H groups in total. The summed E-state index contributed by atoms with van der Waals surface area (Å²) in [5, 5.41) is 3.69. The van der Waals surface area contributed by atoms with Crippen molar-refractivity contribution >= 4 is 35.3 Å².